The van der Waals surface area contributed by atoms with Crippen molar-refractivity contribution in [2.75, 3.05) is 13.2 Å². The number of ketones is 1. The summed E-state index contributed by atoms with van der Waals surface area (Å²) in [4.78, 5) is 50.2. The molecule has 0 amide bonds. The number of allylic oxidation sites excluding steroid dienone is 8. The van der Waals surface area contributed by atoms with Gasteiger partial charge in [-0.1, -0.05) is 126 Å². The Morgan fingerprint density at radius 3 is 1.98 bits per heavy atom. The molecule has 1 aliphatic heterocycles. The van der Waals surface area contributed by atoms with Crippen LogP contribution in [0.5, 0.6) is 0 Å². The summed E-state index contributed by atoms with van der Waals surface area (Å²) in [5.41, 5.74) is 0. The van der Waals surface area contributed by atoms with E-state index in [1.807, 2.05) is 19.1 Å². The second-order valence-corrected chi connectivity index (χ2v) is 18.8. The monoisotopic (exact) mass is 957 g/mol. The van der Waals surface area contributed by atoms with Crippen LogP contribution in [0.4, 0.5) is 0 Å². The molecule has 1 aliphatic carbocycles. The molecule has 0 spiro atoms. The van der Waals surface area contributed by atoms with Crippen LogP contribution < -0.4 is 0 Å². The Balaban J connectivity index is 2.20. The van der Waals surface area contributed by atoms with Crippen LogP contribution in [0.15, 0.2) is 60.8 Å². The summed E-state index contributed by atoms with van der Waals surface area (Å²) in [7, 11) is -5.47. The fourth-order valence-electron chi connectivity index (χ4n) is 7.74. The molecule has 1 saturated heterocycles. The number of ether oxygens (including phenoxy) is 2. The number of hydrogen-bond acceptors (Lipinski definition) is 15. The van der Waals surface area contributed by atoms with Crippen molar-refractivity contribution in [1.82, 2.24) is 0 Å². The van der Waals surface area contributed by atoms with Crippen LogP contribution in [0.1, 0.15) is 149 Å². The van der Waals surface area contributed by atoms with Crippen molar-refractivity contribution >= 4 is 25.5 Å². The fourth-order valence-corrected chi connectivity index (χ4v) is 8.71. The maximum atomic E-state index is 13.7. The number of cyclic esters (lactones) is 1. The minimum atomic E-state index is -5.47. The number of aliphatic hydroxyl groups is 7. The van der Waals surface area contributed by atoms with E-state index < -0.39 is 112 Å². The zero-order valence-electron chi connectivity index (χ0n) is 39.2. The molecule has 17 heteroatoms. The topological polar surface area (TPSA) is 267 Å². The molecule has 66 heavy (non-hydrogen) atoms. The van der Waals surface area contributed by atoms with Crippen LogP contribution in [0, 0.1) is 11.8 Å². The Bertz CT molecular complexity index is 1560. The Morgan fingerprint density at radius 1 is 0.742 bits per heavy atom. The molecule has 2 fully saturated rings. The molecule has 0 aromatic carbocycles. The third-order valence-electron chi connectivity index (χ3n) is 11.7. The summed E-state index contributed by atoms with van der Waals surface area (Å²) in [6, 6.07) is 0. The lowest BCUT2D eigenvalue weighted by Gasteiger charge is -2.37. The Morgan fingerprint density at radius 2 is 1.33 bits per heavy atom. The molecule has 2 aliphatic rings. The molecule has 0 radical (unpaired) electrons. The number of carbonyl (C=O) groups is 3. The van der Waals surface area contributed by atoms with Gasteiger partial charge in [0.1, 0.15) is 36.8 Å². The van der Waals surface area contributed by atoms with Crippen molar-refractivity contribution in [3.05, 3.63) is 60.8 Å². The van der Waals surface area contributed by atoms with Crippen LogP contribution in [0.3, 0.4) is 0 Å². The minimum absolute atomic E-state index is 0.0175. The minimum Gasteiger partial charge on any atom is -0.462 e. The van der Waals surface area contributed by atoms with Gasteiger partial charge in [-0.3, -0.25) is 23.4 Å². The number of phosphoric ester groups is 1. The van der Waals surface area contributed by atoms with Gasteiger partial charge in [0, 0.05) is 25.2 Å². The number of phosphoric acid groups is 1. The number of unbranched alkanes of at least 4 members (excludes halogenated alkanes) is 6. The predicted molar refractivity (Wildman–Crippen MR) is 250 cm³/mol. The van der Waals surface area contributed by atoms with Crippen LogP contribution in [0.25, 0.3) is 0 Å². The van der Waals surface area contributed by atoms with Gasteiger partial charge in [-0.15, -0.1) is 0 Å². The molecular formula is C49H81O16P. The van der Waals surface area contributed by atoms with Crippen LogP contribution >= 0.6 is 7.82 Å². The Kier molecular flexibility index (Phi) is 30.9. The highest BCUT2D eigenvalue weighted by molar-refractivity contribution is 7.47. The number of rotatable bonds is 21. The molecule has 378 valence electrons. The molecule has 12 atom stereocenters. The van der Waals surface area contributed by atoms with E-state index in [0.717, 1.165) is 44.6 Å². The SMILES string of the molecule is CCCCC/C=C\C/C=C\C/C=C\C/C=C\CCCC(=O)O[C@@H]1COC(=O)CCCCCC[C@@H]2[C@@H](O)[C@H](O)[C@@H](O)[C@H](OP(=O)(O)OC1)[C@H](O)[C@H](O)[C@@H](/C=C/[C@@H](O)CCCCC)C(=O)C[C@@H]2O. The van der Waals surface area contributed by atoms with Gasteiger partial charge in [0.25, 0.3) is 0 Å². The van der Waals surface area contributed by atoms with Gasteiger partial charge in [-0.2, -0.15) is 0 Å². The molecular weight excluding hydrogens is 875 g/mol. The van der Waals surface area contributed by atoms with Crippen LogP contribution in [0.2, 0.25) is 0 Å². The summed E-state index contributed by atoms with van der Waals surface area (Å²) in [6.45, 7) is 2.74. The van der Waals surface area contributed by atoms with Gasteiger partial charge in [0.05, 0.1) is 36.9 Å². The second kappa shape index (κ2) is 34.4. The Hall–Kier alpha value is -2.86. The first-order valence-electron chi connectivity index (χ1n) is 24.2. The lowest BCUT2D eigenvalue weighted by molar-refractivity contribution is -0.167. The standard InChI is InChI=1S/C49H81O16P/c1-3-5-7-8-9-10-11-12-13-14-15-16-17-18-19-20-26-30-43(54)64-37-34-62-42(53)29-25-22-21-24-28-38-40(51)33-41(52)39(32-31-36(50)27-23-6-4-2)45(56)47(58)49(48(59)46(57)44(38)55)65-66(60,61)63-35-37/h9-10,12-13,15-16,18-19,31-32,36-40,44-51,55-59H,3-8,11,14,17,20-30,33-35H2,1-2H3,(H,60,61)/b10-9-,13-12-,16-15-,19-18-,32-31+/t36-,37+,38-,39-,40-,44+,45+,46-,47+,48+,49+/m0/s1. The summed E-state index contributed by atoms with van der Waals surface area (Å²) in [6.07, 6.45) is 13.4. The van der Waals surface area contributed by atoms with Gasteiger partial charge in [0.15, 0.2) is 6.10 Å². The van der Waals surface area contributed by atoms with E-state index in [4.69, 9.17) is 18.5 Å². The second-order valence-electron chi connectivity index (χ2n) is 17.4. The third-order valence-corrected chi connectivity index (χ3v) is 12.7. The zero-order chi connectivity index (χ0) is 48.7. The molecule has 1 saturated carbocycles. The van der Waals surface area contributed by atoms with Crippen molar-refractivity contribution in [3.63, 3.8) is 0 Å². The maximum absolute atomic E-state index is 13.7. The zero-order valence-corrected chi connectivity index (χ0v) is 40.1. The van der Waals surface area contributed by atoms with Crippen molar-refractivity contribution in [2.24, 2.45) is 11.8 Å². The number of carbonyl (C=O) groups excluding carboxylic acids is 3. The summed E-state index contributed by atoms with van der Waals surface area (Å²) in [5.74, 6) is -5.08. The van der Waals surface area contributed by atoms with Crippen molar-refractivity contribution in [1.29, 1.82) is 0 Å². The fraction of sp³-hybridized carbons (Fsp3) is 0.735. The predicted octanol–water partition coefficient (Wildman–Crippen LogP) is 6.31. The van der Waals surface area contributed by atoms with Crippen molar-refractivity contribution in [3.8, 4) is 0 Å². The van der Waals surface area contributed by atoms with E-state index >= 15 is 0 Å². The van der Waals surface area contributed by atoms with Crippen molar-refractivity contribution < 1.29 is 78.1 Å². The summed E-state index contributed by atoms with van der Waals surface area (Å²) in [5, 5.41) is 78.6. The van der Waals surface area contributed by atoms with Crippen LogP contribution in [-0.4, -0.2) is 127 Å². The van der Waals surface area contributed by atoms with E-state index in [0.29, 0.717) is 51.4 Å². The molecule has 16 nitrogen and oxygen atoms in total. The smallest absolute Gasteiger partial charge is 0.462 e. The molecule has 0 aromatic rings. The number of Topliss-reactive ketones (excluding diaryl/α,β-unsaturated/α-hetero) is 1. The van der Waals surface area contributed by atoms with E-state index in [9.17, 15) is 59.6 Å². The quantitative estimate of drug-likeness (QED) is 0.0271. The molecule has 1 unspecified atom stereocenters. The molecule has 8 N–H and O–H groups in total. The van der Waals surface area contributed by atoms with Gasteiger partial charge >= 0.3 is 19.8 Å². The number of esters is 2. The highest BCUT2D eigenvalue weighted by Gasteiger charge is 2.49. The van der Waals surface area contributed by atoms with Gasteiger partial charge in [-0.05, 0) is 64.2 Å². The number of hydrogen-bond donors (Lipinski definition) is 8. The maximum Gasteiger partial charge on any atom is 0.472 e. The van der Waals surface area contributed by atoms with E-state index in [1.165, 1.54) is 25.3 Å². The normalized spacial score (nSPS) is 31.4. The highest BCUT2D eigenvalue weighted by atomic mass is 31.2. The average molecular weight is 957 g/mol. The first-order valence-corrected chi connectivity index (χ1v) is 25.7. The molecule has 0 aromatic heterocycles. The van der Waals surface area contributed by atoms with Crippen molar-refractivity contribution in [2.45, 2.75) is 204 Å². The van der Waals surface area contributed by atoms with E-state index in [2.05, 4.69) is 43.4 Å². The van der Waals surface area contributed by atoms with Gasteiger partial charge in [0.2, 0.25) is 0 Å². The lowest BCUT2D eigenvalue weighted by Crippen LogP contribution is -2.55. The highest BCUT2D eigenvalue weighted by Crippen LogP contribution is 2.47. The first kappa shape index (κ1) is 59.3. The lowest BCUT2D eigenvalue weighted by atomic mass is 9.82. The average Bonchev–Trinajstić information content (AvgIpc) is 3.28. The van der Waals surface area contributed by atoms with E-state index in [1.54, 1.807) is 0 Å². The largest absolute Gasteiger partial charge is 0.472 e. The first-order chi connectivity index (χ1) is 31.6. The Labute approximate surface area is 392 Å². The molecule has 2 rings (SSSR count). The number of fused-ring (bicyclic) bond motifs is 4. The van der Waals surface area contributed by atoms with Gasteiger partial charge in [-0.25, -0.2) is 4.57 Å². The summed E-state index contributed by atoms with van der Waals surface area (Å²) < 4.78 is 34.7. The van der Waals surface area contributed by atoms with E-state index in [-0.39, 0.29) is 19.3 Å². The number of aliphatic hydroxyl groups excluding tert-OH is 7. The van der Waals surface area contributed by atoms with Gasteiger partial charge < -0.3 is 50.1 Å². The summed E-state index contributed by atoms with van der Waals surface area (Å²) >= 11 is 0. The third kappa shape index (κ3) is 24.4. The molecule has 2 bridgehead atoms. The molecule has 1 heterocycles. The van der Waals surface area contributed by atoms with Crippen LogP contribution in [-0.2, 0) is 37.5 Å².